The first-order valence-electron chi connectivity index (χ1n) is 4.41. The Morgan fingerprint density at radius 1 is 1.20 bits per heavy atom. The fourth-order valence-corrected chi connectivity index (χ4v) is 1.76. The van der Waals surface area contributed by atoms with E-state index in [1.54, 1.807) is 18.5 Å². The Labute approximate surface area is 96.3 Å². The van der Waals surface area contributed by atoms with E-state index >= 15 is 0 Å². The van der Waals surface area contributed by atoms with E-state index in [0.29, 0.717) is 5.56 Å². The summed E-state index contributed by atoms with van der Waals surface area (Å²) in [5, 5.41) is 8.97. The molecule has 0 fully saturated rings. The number of hydrogen-bond donors (Lipinski definition) is 0. The standard InChI is InChI=1S/C12H7BrN2/c13-11-5-10(7-15-8-11)12-4-2-1-3-9(12)6-14/h1-5,7-8H. The van der Waals surface area contributed by atoms with Crippen molar-refractivity contribution >= 4 is 15.9 Å². The molecule has 3 heteroatoms. The molecule has 0 saturated carbocycles. The lowest BCUT2D eigenvalue weighted by Crippen LogP contribution is -1.84. The van der Waals surface area contributed by atoms with E-state index in [-0.39, 0.29) is 0 Å². The smallest absolute Gasteiger partial charge is 0.0998 e. The van der Waals surface area contributed by atoms with Gasteiger partial charge in [0.05, 0.1) is 11.6 Å². The number of aromatic nitrogens is 1. The zero-order valence-corrected chi connectivity index (χ0v) is 9.40. The van der Waals surface area contributed by atoms with Crippen LogP contribution in [-0.4, -0.2) is 4.98 Å². The first kappa shape index (κ1) is 9.88. The predicted molar refractivity (Wildman–Crippen MR) is 62.1 cm³/mol. The van der Waals surface area contributed by atoms with E-state index in [1.807, 2.05) is 24.3 Å². The molecule has 1 heterocycles. The highest BCUT2D eigenvalue weighted by Gasteiger charge is 2.03. The molecule has 0 saturated heterocycles. The summed E-state index contributed by atoms with van der Waals surface area (Å²) in [4.78, 5) is 4.08. The molecule has 0 unspecified atom stereocenters. The average Bonchev–Trinajstić information content (AvgIpc) is 2.29. The summed E-state index contributed by atoms with van der Waals surface area (Å²) < 4.78 is 0.910. The normalized spacial score (nSPS) is 9.60. The van der Waals surface area contributed by atoms with E-state index in [0.717, 1.165) is 15.6 Å². The molecule has 0 aliphatic carbocycles. The maximum absolute atomic E-state index is 8.97. The number of nitriles is 1. The van der Waals surface area contributed by atoms with Crippen molar-refractivity contribution in [3.63, 3.8) is 0 Å². The quantitative estimate of drug-likeness (QED) is 0.787. The monoisotopic (exact) mass is 258 g/mol. The van der Waals surface area contributed by atoms with Gasteiger partial charge in [-0.15, -0.1) is 0 Å². The average molecular weight is 259 g/mol. The number of rotatable bonds is 1. The van der Waals surface area contributed by atoms with Crippen molar-refractivity contribution in [2.75, 3.05) is 0 Å². The molecular formula is C12H7BrN2. The van der Waals surface area contributed by atoms with Crippen LogP contribution in [0.5, 0.6) is 0 Å². The summed E-state index contributed by atoms with van der Waals surface area (Å²) in [6, 6.07) is 11.6. The van der Waals surface area contributed by atoms with Crippen molar-refractivity contribution in [3.8, 4) is 17.2 Å². The van der Waals surface area contributed by atoms with Crippen molar-refractivity contribution in [2.45, 2.75) is 0 Å². The van der Waals surface area contributed by atoms with Gasteiger partial charge in [-0.05, 0) is 28.1 Å². The Morgan fingerprint density at radius 3 is 2.73 bits per heavy atom. The molecule has 1 aromatic heterocycles. The van der Waals surface area contributed by atoms with Crippen LogP contribution in [0.3, 0.4) is 0 Å². The summed E-state index contributed by atoms with van der Waals surface area (Å²) in [6.45, 7) is 0. The van der Waals surface area contributed by atoms with Crippen molar-refractivity contribution in [3.05, 3.63) is 52.8 Å². The van der Waals surface area contributed by atoms with Crippen LogP contribution in [-0.2, 0) is 0 Å². The second-order valence-electron chi connectivity index (χ2n) is 3.05. The van der Waals surface area contributed by atoms with Crippen LogP contribution < -0.4 is 0 Å². The van der Waals surface area contributed by atoms with Gasteiger partial charge < -0.3 is 0 Å². The summed E-state index contributed by atoms with van der Waals surface area (Å²) in [5.41, 5.74) is 2.52. The van der Waals surface area contributed by atoms with E-state index in [1.165, 1.54) is 0 Å². The Hall–Kier alpha value is -1.66. The topological polar surface area (TPSA) is 36.7 Å². The van der Waals surface area contributed by atoms with Crippen LogP contribution in [0.4, 0.5) is 0 Å². The van der Waals surface area contributed by atoms with Gasteiger partial charge in [-0.25, -0.2) is 0 Å². The van der Waals surface area contributed by atoms with E-state index in [2.05, 4.69) is 27.0 Å². The van der Waals surface area contributed by atoms with Crippen LogP contribution in [0.2, 0.25) is 0 Å². The van der Waals surface area contributed by atoms with Gasteiger partial charge in [0, 0.05) is 28.0 Å². The van der Waals surface area contributed by atoms with Gasteiger partial charge in [-0.3, -0.25) is 4.98 Å². The van der Waals surface area contributed by atoms with Crippen LogP contribution >= 0.6 is 15.9 Å². The molecule has 0 amide bonds. The van der Waals surface area contributed by atoms with Gasteiger partial charge in [0.1, 0.15) is 0 Å². The lowest BCUT2D eigenvalue weighted by Gasteiger charge is -2.03. The molecule has 0 aliphatic heterocycles. The van der Waals surface area contributed by atoms with Gasteiger partial charge in [0.15, 0.2) is 0 Å². The van der Waals surface area contributed by atoms with Crippen molar-refractivity contribution in [1.82, 2.24) is 4.98 Å². The van der Waals surface area contributed by atoms with Crippen molar-refractivity contribution in [1.29, 1.82) is 5.26 Å². The SMILES string of the molecule is N#Cc1ccccc1-c1cncc(Br)c1. The third-order valence-electron chi connectivity index (χ3n) is 2.06. The van der Waals surface area contributed by atoms with Crippen LogP contribution in [0, 0.1) is 11.3 Å². The number of hydrogen-bond acceptors (Lipinski definition) is 2. The lowest BCUT2D eigenvalue weighted by atomic mass is 10.0. The van der Waals surface area contributed by atoms with Crippen LogP contribution in [0.1, 0.15) is 5.56 Å². The zero-order chi connectivity index (χ0) is 10.7. The van der Waals surface area contributed by atoms with Gasteiger partial charge in [-0.2, -0.15) is 5.26 Å². The van der Waals surface area contributed by atoms with Gasteiger partial charge in [-0.1, -0.05) is 18.2 Å². The molecule has 0 bridgehead atoms. The third-order valence-corrected chi connectivity index (χ3v) is 2.50. The zero-order valence-electron chi connectivity index (χ0n) is 7.81. The molecule has 2 aromatic rings. The molecule has 0 atom stereocenters. The van der Waals surface area contributed by atoms with Crippen LogP contribution in [0.15, 0.2) is 47.2 Å². The fraction of sp³-hybridized carbons (Fsp3) is 0. The largest absolute Gasteiger partial charge is 0.263 e. The number of benzene rings is 1. The molecule has 0 radical (unpaired) electrons. The van der Waals surface area contributed by atoms with Gasteiger partial charge in [0.25, 0.3) is 0 Å². The molecule has 0 aliphatic rings. The van der Waals surface area contributed by atoms with Crippen molar-refractivity contribution in [2.24, 2.45) is 0 Å². The first-order chi connectivity index (χ1) is 7.31. The first-order valence-corrected chi connectivity index (χ1v) is 5.20. The molecule has 72 valence electrons. The van der Waals surface area contributed by atoms with Crippen LogP contribution in [0.25, 0.3) is 11.1 Å². The van der Waals surface area contributed by atoms with Crippen molar-refractivity contribution < 1.29 is 0 Å². The molecule has 0 spiro atoms. The van der Waals surface area contributed by atoms with E-state index < -0.39 is 0 Å². The molecule has 2 nitrogen and oxygen atoms in total. The number of halogens is 1. The summed E-state index contributed by atoms with van der Waals surface area (Å²) in [6.07, 6.45) is 3.47. The Bertz CT molecular complexity index is 529. The molecule has 15 heavy (non-hydrogen) atoms. The third kappa shape index (κ3) is 2.05. The van der Waals surface area contributed by atoms with E-state index in [4.69, 9.17) is 5.26 Å². The fourth-order valence-electron chi connectivity index (χ4n) is 1.39. The minimum Gasteiger partial charge on any atom is -0.263 e. The van der Waals surface area contributed by atoms with Gasteiger partial charge >= 0.3 is 0 Å². The van der Waals surface area contributed by atoms with Gasteiger partial charge in [0.2, 0.25) is 0 Å². The van der Waals surface area contributed by atoms with E-state index in [9.17, 15) is 0 Å². The predicted octanol–water partition coefficient (Wildman–Crippen LogP) is 3.38. The Morgan fingerprint density at radius 2 is 2.00 bits per heavy atom. The highest BCUT2D eigenvalue weighted by atomic mass is 79.9. The Balaban J connectivity index is 2.60. The summed E-state index contributed by atoms with van der Waals surface area (Å²) in [7, 11) is 0. The maximum Gasteiger partial charge on any atom is 0.0998 e. The summed E-state index contributed by atoms with van der Waals surface area (Å²) in [5.74, 6) is 0. The lowest BCUT2D eigenvalue weighted by molar-refractivity contribution is 1.31. The number of nitrogens with zero attached hydrogens (tertiary/aromatic N) is 2. The Kier molecular flexibility index (Phi) is 2.79. The second kappa shape index (κ2) is 4.24. The number of pyridine rings is 1. The molecular weight excluding hydrogens is 252 g/mol. The molecule has 2 rings (SSSR count). The summed E-state index contributed by atoms with van der Waals surface area (Å²) >= 11 is 3.36. The highest BCUT2D eigenvalue weighted by Crippen LogP contribution is 2.24. The highest BCUT2D eigenvalue weighted by molar-refractivity contribution is 9.10. The second-order valence-corrected chi connectivity index (χ2v) is 3.96. The minimum absolute atomic E-state index is 0.664. The molecule has 1 aromatic carbocycles. The minimum atomic E-state index is 0.664. The maximum atomic E-state index is 8.97. The molecule has 0 N–H and O–H groups in total.